The molecule has 0 aliphatic carbocycles. The molecule has 8 nitrogen and oxygen atoms in total. The summed E-state index contributed by atoms with van der Waals surface area (Å²) in [5.74, 6) is 0.471. The molecule has 1 amide bonds. The van der Waals surface area contributed by atoms with Crippen molar-refractivity contribution in [3.05, 3.63) is 40.7 Å². The first kappa shape index (κ1) is 16.8. The van der Waals surface area contributed by atoms with Gasteiger partial charge in [0.15, 0.2) is 0 Å². The van der Waals surface area contributed by atoms with Crippen molar-refractivity contribution in [1.82, 2.24) is 19.9 Å². The van der Waals surface area contributed by atoms with Crippen molar-refractivity contribution in [2.75, 3.05) is 11.5 Å². The molecule has 0 aliphatic rings. The Balaban J connectivity index is 1.85. The maximum Gasteiger partial charge on any atom is 0.255 e. The fourth-order valence-corrected chi connectivity index (χ4v) is 2.75. The van der Waals surface area contributed by atoms with Crippen molar-refractivity contribution in [2.24, 2.45) is 0 Å². The third-order valence-corrected chi connectivity index (χ3v) is 4.11. The molecule has 25 heavy (non-hydrogen) atoms. The van der Waals surface area contributed by atoms with E-state index in [2.05, 4.69) is 15.3 Å². The zero-order valence-corrected chi connectivity index (χ0v) is 14.2. The Kier molecular flexibility index (Phi) is 4.37. The van der Waals surface area contributed by atoms with Gasteiger partial charge in [0, 0.05) is 12.6 Å². The molecule has 2 aromatic heterocycles. The molecule has 2 heterocycles. The standard InChI is InChI=1S/C16H17ClN6O2/c1-2-23-12-5-8(24)3-4-11(12)21-13(23)7-20-16(25)9-6-10(17)15(19)22-14(9)18/h3-6,24H,2,7H2,1H3,(H,20,25)(H4,18,19,22). The van der Waals surface area contributed by atoms with E-state index in [4.69, 9.17) is 23.1 Å². The van der Waals surface area contributed by atoms with Crippen LogP contribution in [0, 0.1) is 0 Å². The highest BCUT2D eigenvalue weighted by Crippen LogP contribution is 2.23. The van der Waals surface area contributed by atoms with E-state index >= 15 is 0 Å². The number of benzene rings is 1. The molecule has 0 saturated carbocycles. The first-order chi connectivity index (χ1) is 11.9. The number of nitrogen functional groups attached to an aromatic ring is 2. The zero-order chi connectivity index (χ0) is 18.1. The first-order valence-electron chi connectivity index (χ1n) is 7.58. The highest BCUT2D eigenvalue weighted by Gasteiger charge is 2.16. The van der Waals surface area contributed by atoms with E-state index in [1.54, 1.807) is 18.2 Å². The number of rotatable bonds is 4. The molecule has 0 unspecified atom stereocenters. The van der Waals surface area contributed by atoms with Gasteiger partial charge in [0.25, 0.3) is 5.91 Å². The molecular formula is C16H17ClN6O2. The van der Waals surface area contributed by atoms with Gasteiger partial charge in [0.05, 0.1) is 28.2 Å². The number of hydrogen-bond acceptors (Lipinski definition) is 6. The Morgan fingerprint density at radius 1 is 1.28 bits per heavy atom. The number of fused-ring (bicyclic) bond motifs is 1. The van der Waals surface area contributed by atoms with E-state index in [9.17, 15) is 9.90 Å². The van der Waals surface area contributed by atoms with Crippen molar-refractivity contribution in [3.8, 4) is 5.75 Å². The van der Waals surface area contributed by atoms with Gasteiger partial charge in [0.2, 0.25) is 0 Å². The summed E-state index contributed by atoms with van der Waals surface area (Å²) < 4.78 is 1.91. The van der Waals surface area contributed by atoms with Crippen LogP contribution in [-0.4, -0.2) is 25.5 Å². The smallest absolute Gasteiger partial charge is 0.255 e. The predicted molar refractivity (Wildman–Crippen MR) is 96.3 cm³/mol. The van der Waals surface area contributed by atoms with Crippen molar-refractivity contribution in [3.63, 3.8) is 0 Å². The molecule has 3 aromatic rings. The van der Waals surface area contributed by atoms with E-state index in [-0.39, 0.29) is 34.5 Å². The van der Waals surface area contributed by atoms with Crippen molar-refractivity contribution in [1.29, 1.82) is 0 Å². The van der Waals surface area contributed by atoms with E-state index < -0.39 is 5.91 Å². The van der Waals surface area contributed by atoms with Crippen LogP contribution in [-0.2, 0) is 13.1 Å². The number of amides is 1. The molecule has 0 radical (unpaired) electrons. The lowest BCUT2D eigenvalue weighted by molar-refractivity contribution is 0.0950. The van der Waals surface area contributed by atoms with E-state index in [0.29, 0.717) is 12.4 Å². The van der Waals surface area contributed by atoms with Crippen molar-refractivity contribution < 1.29 is 9.90 Å². The summed E-state index contributed by atoms with van der Waals surface area (Å²) in [6, 6.07) is 6.32. The van der Waals surface area contributed by atoms with E-state index in [1.807, 2.05) is 11.5 Å². The minimum atomic E-state index is -0.426. The number of carbonyl (C=O) groups is 1. The Hall–Kier alpha value is -3.00. The van der Waals surface area contributed by atoms with Crippen LogP contribution in [0.1, 0.15) is 23.1 Å². The third-order valence-electron chi connectivity index (χ3n) is 3.81. The van der Waals surface area contributed by atoms with Crippen molar-refractivity contribution in [2.45, 2.75) is 20.0 Å². The molecule has 0 aliphatic heterocycles. The van der Waals surface area contributed by atoms with Gasteiger partial charge >= 0.3 is 0 Å². The first-order valence-corrected chi connectivity index (χ1v) is 7.96. The lowest BCUT2D eigenvalue weighted by atomic mass is 10.2. The summed E-state index contributed by atoms with van der Waals surface area (Å²) in [7, 11) is 0. The monoisotopic (exact) mass is 360 g/mol. The molecular weight excluding hydrogens is 344 g/mol. The van der Waals surface area contributed by atoms with Crippen LogP contribution >= 0.6 is 11.6 Å². The number of nitrogens with zero attached hydrogens (tertiary/aromatic N) is 3. The molecule has 0 bridgehead atoms. The predicted octanol–water partition coefficient (Wildman–Crippen LogP) is 1.90. The zero-order valence-electron chi connectivity index (χ0n) is 13.5. The molecule has 3 rings (SSSR count). The lowest BCUT2D eigenvalue weighted by Gasteiger charge is -2.10. The number of nitrogens with one attached hydrogen (secondary N) is 1. The molecule has 0 spiro atoms. The number of aromatic nitrogens is 3. The largest absolute Gasteiger partial charge is 0.508 e. The summed E-state index contributed by atoms with van der Waals surface area (Å²) in [6.07, 6.45) is 0. The normalized spacial score (nSPS) is 11.0. The van der Waals surface area contributed by atoms with Gasteiger partial charge in [-0.2, -0.15) is 0 Å². The van der Waals surface area contributed by atoms with E-state index in [1.165, 1.54) is 6.07 Å². The average molecular weight is 361 g/mol. The molecule has 9 heteroatoms. The van der Waals surface area contributed by atoms with Gasteiger partial charge in [-0.25, -0.2) is 9.97 Å². The maximum absolute atomic E-state index is 12.4. The average Bonchev–Trinajstić information content (AvgIpc) is 2.92. The molecule has 1 aromatic carbocycles. The Bertz CT molecular complexity index is 969. The quantitative estimate of drug-likeness (QED) is 0.561. The number of halogens is 1. The summed E-state index contributed by atoms with van der Waals surface area (Å²) in [6.45, 7) is 2.78. The minimum Gasteiger partial charge on any atom is -0.508 e. The number of carbonyl (C=O) groups excluding carboxylic acids is 1. The maximum atomic E-state index is 12.4. The second-order valence-electron chi connectivity index (χ2n) is 5.42. The number of aryl methyl sites for hydroxylation is 1. The van der Waals surface area contributed by atoms with Crippen molar-refractivity contribution >= 4 is 40.2 Å². The summed E-state index contributed by atoms with van der Waals surface area (Å²) in [5.41, 5.74) is 13.0. The van der Waals surface area contributed by atoms with Gasteiger partial charge in [-0.3, -0.25) is 4.79 Å². The molecule has 0 saturated heterocycles. The summed E-state index contributed by atoms with van der Waals surface area (Å²) >= 11 is 5.90. The van der Waals surface area contributed by atoms with Crippen LogP contribution in [0.3, 0.4) is 0 Å². The van der Waals surface area contributed by atoms with Crippen LogP contribution in [0.5, 0.6) is 5.75 Å². The third kappa shape index (κ3) is 3.16. The number of pyridine rings is 1. The molecule has 0 fully saturated rings. The summed E-state index contributed by atoms with van der Waals surface area (Å²) in [5, 5.41) is 12.6. The van der Waals surface area contributed by atoms with Gasteiger partial charge < -0.3 is 26.5 Å². The Labute approximate surface area is 148 Å². The fourth-order valence-electron chi connectivity index (χ4n) is 2.60. The van der Waals surface area contributed by atoms with Crippen LogP contribution in [0.25, 0.3) is 11.0 Å². The fraction of sp³-hybridized carbons (Fsp3) is 0.188. The number of aromatic hydroxyl groups is 1. The van der Waals surface area contributed by atoms with Crippen LogP contribution in [0.2, 0.25) is 5.02 Å². The number of anilines is 2. The van der Waals surface area contributed by atoms with E-state index in [0.717, 1.165) is 11.0 Å². The molecule has 130 valence electrons. The number of nitrogens with two attached hydrogens (primary N) is 2. The number of imidazole rings is 1. The van der Waals surface area contributed by atoms with Crippen LogP contribution in [0.15, 0.2) is 24.3 Å². The minimum absolute atomic E-state index is 0.00770. The number of hydrogen-bond donors (Lipinski definition) is 4. The lowest BCUT2D eigenvalue weighted by Crippen LogP contribution is -2.26. The number of phenols is 1. The second kappa shape index (κ2) is 6.48. The van der Waals surface area contributed by atoms with Gasteiger partial charge in [-0.05, 0) is 25.1 Å². The molecule has 6 N–H and O–H groups in total. The Morgan fingerprint density at radius 3 is 2.76 bits per heavy atom. The topological polar surface area (TPSA) is 132 Å². The van der Waals surface area contributed by atoms with Gasteiger partial charge in [-0.15, -0.1) is 0 Å². The highest BCUT2D eigenvalue weighted by molar-refractivity contribution is 6.33. The number of phenolic OH excluding ortho intramolecular Hbond substituents is 1. The molecule has 0 atom stereocenters. The van der Waals surface area contributed by atoms with Crippen LogP contribution in [0.4, 0.5) is 11.6 Å². The van der Waals surface area contributed by atoms with Crippen LogP contribution < -0.4 is 16.8 Å². The second-order valence-corrected chi connectivity index (χ2v) is 5.82. The van der Waals surface area contributed by atoms with Gasteiger partial charge in [-0.1, -0.05) is 11.6 Å². The SMILES string of the molecule is CCn1c(CNC(=O)c2cc(Cl)c(N)nc2N)nc2ccc(O)cc21. The van der Waals surface area contributed by atoms with Gasteiger partial charge in [0.1, 0.15) is 23.2 Å². The summed E-state index contributed by atoms with van der Waals surface area (Å²) in [4.78, 5) is 20.7. The highest BCUT2D eigenvalue weighted by atomic mass is 35.5. The Morgan fingerprint density at radius 2 is 2.04 bits per heavy atom.